The summed E-state index contributed by atoms with van der Waals surface area (Å²) in [5, 5.41) is 0. The molecule has 0 bridgehead atoms. The van der Waals surface area contributed by atoms with Crippen LogP contribution >= 0.6 is 43.2 Å². The van der Waals surface area contributed by atoms with E-state index in [0.717, 1.165) is 14.5 Å². The normalized spacial score (nSPS) is 15.1. The first kappa shape index (κ1) is 28.1. The van der Waals surface area contributed by atoms with Crippen molar-refractivity contribution in [2.75, 3.05) is 27.4 Å². The minimum absolute atomic E-state index is 0.185. The van der Waals surface area contributed by atoms with Crippen LogP contribution in [0.15, 0.2) is 60.3 Å². The summed E-state index contributed by atoms with van der Waals surface area (Å²) in [6, 6.07) is 8.22. The molecule has 3 aromatic rings. The maximum atomic E-state index is 14.0. The van der Waals surface area contributed by atoms with Crippen molar-refractivity contribution in [3.8, 4) is 17.2 Å². The lowest BCUT2D eigenvalue weighted by Gasteiger charge is -2.26. The zero-order valence-corrected chi connectivity index (χ0v) is 25.5. The summed E-state index contributed by atoms with van der Waals surface area (Å²) in [7, 11) is 3.09. The van der Waals surface area contributed by atoms with E-state index in [1.54, 1.807) is 45.2 Å². The Morgan fingerprint density at radius 3 is 2.55 bits per heavy atom. The monoisotopic (exact) mass is 664 g/mol. The van der Waals surface area contributed by atoms with Gasteiger partial charge in [0.05, 0.1) is 47.7 Å². The smallest absolute Gasteiger partial charge is 0.338 e. The number of carbonyl (C=O) groups excluding carboxylic acids is 1. The molecule has 0 amide bonds. The molecule has 0 N–H and O–H groups in total. The van der Waals surface area contributed by atoms with Crippen LogP contribution in [0.2, 0.25) is 0 Å². The molecule has 0 spiro atoms. The number of benzene rings is 2. The van der Waals surface area contributed by atoms with Gasteiger partial charge >= 0.3 is 5.97 Å². The van der Waals surface area contributed by atoms with E-state index in [-0.39, 0.29) is 17.7 Å². The van der Waals surface area contributed by atoms with Gasteiger partial charge in [-0.1, -0.05) is 27.3 Å². The Kier molecular flexibility index (Phi) is 8.79. The minimum Gasteiger partial charge on any atom is -0.497 e. The van der Waals surface area contributed by atoms with Crippen molar-refractivity contribution in [1.82, 2.24) is 4.57 Å². The van der Waals surface area contributed by atoms with Crippen molar-refractivity contribution >= 4 is 55.2 Å². The van der Waals surface area contributed by atoms with Crippen LogP contribution in [0.5, 0.6) is 17.2 Å². The number of allylic oxidation sites excluding steroid dienone is 1. The number of thiazole rings is 1. The number of methoxy groups -OCH3 is 2. The molecular formula is C27H26Br2N2O6S. The van der Waals surface area contributed by atoms with Gasteiger partial charge in [0.25, 0.3) is 5.56 Å². The van der Waals surface area contributed by atoms with Crippen LogP contribution in [0.4, 0.5) is 0 Å². The Hall–Kier alpha value is -2.89. The summed E-state index contributed by atoms with van der Waals surface area (Å²) < 4.78 is 25.8. The average Bonchev–Trinajstić information content (AvgIpc) is 3.19. The van der Waals surface area contributed by atoms with Gasteiger partial charge in [-0.05, 0) is 67.0 Å². The second kappa shape index (κ2) is 11.9. The highest BCUT2D eigenvalue weighted by Gasteiger charge is 2.35. The fourth-order valence-electron chi connectivity index (χ4n) is 4.26. The molecule has 0 saturated heterocycles. The molecule has 0 unspecified atom stereocenters. The third kappa shape index (κ3) is 5.32. The number of hydrogen-bond donors (Lipinski definition) is 0. The molecule has 1 aliphatic heterocycles. The summed E-state index contributed by atoms with van der Waals surface area (Å²) in [6.07, 6.45) is 1.77. The van der Waals surface area contributed by atoms with Gasteiger partial charge in [0.2, 0.25) is 0 Å². The van der Waals surface area contributed by atoms with E-state index >= 15 is 0 Å². The summed E-state index contributed by atoms with van der Waals surface area (Å²) in [5.41, 5.74) is 1.77. The Bertz CT molecular complexity index is 1610. The lowest BCUT2D eigenvalue weighted by molar-refractivity contribution is -0.139. The zero-order valence-electron chi connectivity index (χ0n) is 21.5. The lowest BCUT2D eigenvalue weighted by atomic mass is 9.95. The van der Waals surface area contributed by atoms with Gasteiger partial charge in [0.15, 0.2) is 4.80 Å². The number of ether oxygens (including phenoxy) is 4. The number of nitrogens with zero attached hydrogens (tertiary/aromatic N) is 2. The third-order valence-electron chi connectivity index (χ3n) is 5.86. The summed E-state index contributed by atoms with van der Waals surface area (Å²) in [4.78, 5) is 32.2. The van der Waals surface area contributed by atoms with Gasteiger partial charge in [0.1, 0.15) is 23.3 Å². The standard InChI is InChI=1S/C27H26Br2N2O6S/c1-6-36-24-15(10-16(28)12-19(24)29)11-21-25(32)31-23(18-9-8-17(34-4)13-20(18)35-5)22(26(33)37-7-2)14(3)30-27(31)38-21/h8-13,23H,6-7H2,1-5H3/b21-11-/t23-/m1/s1. The molecule has 2 heterocycles. The Balaban J connectivity index is 2.02. The van der Waals surface area contributed by atoms with E-state index in [0.29, 0.717) is 44.4 Å². The topological polar surface area (TPSA) is 88.4 Å². The van der Waals surface area contributed by atoms with Gasteiger partial charge < -0.3 is 18.9 Å². The molecule has 1 aliphatic rings. The first-order valence-corrected chi connectivity index (χ1v) is 14.2. The highest BCUT2D eigenvalue weighted by atomic mass is 79.9. The molecule has 4 rings (SSSR count). The van der Waals surface area contributed by atoms with E-state index in [1.165, 1.54) is 23.0 Å². The van der Waals surface area contributed by atoms with Crippen molar-refractivity contribution in [3.63, 3.8) is 0 Å². The molecule has 1 atom stereocenters. The second-order valence-electron chi connectivity index (χ2n) is 8.15. The molecule has 0 saturated carbocycles. The van der Waals surface area contributed by atoms with Crippen molar-refractivity contribution in [2.45, 2.75) is 26.8 Å². The SMILES string of the molecule is CCOC(=O)C1=C(C)N=c2s/c(=C\c3cc(Br)cc(Br)c3OCC)c(=O)n2[C@@H]1c1ccc(OC)cc1OC. The quantitative estimate of drug-likeness (QED) is 0.323. The Morgan fingerprint density at radius 1 is 1.13 bits per heavy atom. The fraction of sp³-hybridized carbons (Fsp3) is 0.296. The van der Waals surface area contributed by atoms with Crippen molar-refractivity contribution in [2.24, 2.45) is 4.99 Å². The van der Waals surface area contributed by atoms with Crippen LogP contribution in [0, 0.1) is 0 Å². The lowest BCUT2D eigenvalue weighted by Crippen LogP contribution is -2.40. The van der Waals surface area contributed by atoms with E-state index in [4.69, 9.17) is 18.9 Å². The molecule has 0 radical (unpaired) electrons. The van der Waals surface area contributed by atoms with Crippen LogP contribution < -0.4 is 29.1 Å². The first-order chi connectivity index (χ1) is 18.2. The first-order valence-electron chi connectivity index (χ1n) is 11.8. The number of rotatable bonds is 8. The van der Waals surface area contributed by atoms with Crippen molar-refractivity contribution in [1.29, 1.82) is 0 Å². The van der Waals surface area contributed by atoms with E-state index in [1.807, 2.05) is 19.1 Å². The fourth-order valence-corrected chi connectivity index (χ4v) is 6.67. The number of esters is 1. The minimum atomic E-state index is -0.811. The van der Waals surface area contributed by atoms with E-state index in [2.05, 4.69) is 36.9 Å². The van der Waals surface area contributed by atoms with Gasteiger partial charge in [-0.3, -0.25) is 9.36 Å². The molecule has 200 valence electrons. The number of aromatic nitrogens is 1. The molecular weight excluding hydrogens is 640 g/mol. The molecule has 0 fully saturated rings. The van der Waals surface area contributed by atoms with Crippen LogP contribution in [0.25, 0.3) is 6.08 Å². The molecule has 38 heavy (non-hydrogen) atoms. The molecule has 8 nitrogen and oxygen atoms in total. The van der Waals surface area contributed by atoms with Crippen molar-refractivity contribution < 1.29 is 23.7 Å². The van der Waals surface area contributed by atoms with Crippen LogP contribution in [-0.4, -0.2) is 38.0 Å². The average molecular weight is 666 g/mol. The maximum absolute atomic E-state index is 14.0. The molecule has 0 aliphatic carbocycles. The number of fused-ring (bicyclic) bond motifs is 1. The van der Waals surface area contributed by atoms with Crippen LogP contribution in [0.1, 0.15) is 37.9 Å². The maximum Gasteiger partial charge on any atom is 0.338 e. The molecule has 1 aromatic heterocycles. The van der Waals surface area contributed by atoms with Gasteiger partial charge in [-0.15, -0.1) is 0 Å². The molecule has 11 heteroatoms. The number of carbonyl (C=O) groups is 1. The second-order valence-corrected chi connectivity index (χ2v) is 10.9. The Labute approximate surface area is 240 Å². The number of halogens is 2. The van der Waals surface area contributed by atoms with Gasteiger partial charge in [-0.25, -0.2) is 9.79 Å². The van der Waals surface area contributed by atoms with Crippen LogP contribution in [-0.2, 0) is 9.53 Å². The number of hydrogen-bond acceptors (Lipinski definition) is 8. The highest BCUT2D eigenvalue weighted by Crippen LogP contribution is 2.38. The van der Waals surface area contributed by atoms with E-state index < -0.39 is 12.0 Å². The Morgan fingerprint density at radius 2 is 1.89 bits per heavy atom. The largest absolute Gasteiger partial charge is 0.497 e. The van der Waals surface area contributed by atoms with Crippen LogP contribution in [0.3, 0.4) is 0 Å². The predicted octanol–water partition coefficient (Wildman–Crippen LogP) is 4.74. The summed E-state index contributed by atoms with van der Waals surface area (Å²) in [5.74, 6) is 1.13. The molecule has 2 aromatic carbocycles. The summed E-state index contributed by atoms with van der Waals surface area (Å²) in [6.45, 7) is 6.02. The zero-order chi connectivity index (χ0) is 27.6. The summed E-state index contributed by atoms with van der Waals surface area (Å²) >= 11 is 8.30. The third-order valence-corrected chi connectivity index (χ3v) is 7.89. The van der Waals surface area contributed by atoms with Gasteiger partial charge in [-0.2, -0.15) is 0 Å². The predicted molar refractivity (Wildman–Crippen MR) is 153 cm³/mol. The van der Waals surface area contributed by atoms with Crippen molar-refractivity contribution in [3.05, 3.63) is 81.4 Å². The van der Waals surface area contributed by atoms with Gasteiger partial charge in [0, 0.05) is 21.7 Å². The highest BCUT2D eigenvalue weighted by molar-refractivity contribution is 9.11. The van der Waals surface area contributed by atoms with E-state index in [9.17, 15) is 9.59 Å².